The summed E-state index contributed by atoms with van der Waals surface area (Å²) in [5, 5.41) is 25.8. The minimum Gasteiger partial charge on any atom is -0.480 e. The predicted molar refractivity (Wildman–Crippen MR) is 121 cm³/mol. The molecule has 6 heteroatoms. The molecule has 0 aromatic carbocycles. The number of nitrogens with zero attached hydrogens (tertiary/aromatic N) is 1. The Bertz CT molecular complexity index is 430. The van der Waals surface area contributed by atoms with Gasteiger partial charge in [0, 0.05) is 26.5 Å². The number of β-amino-alcohol motifs (C(OH)–C–C–N with tert-alkyl or cyclic N) is 1. The van der Waals surface area contributed by atoms with Gasteiger partial charge in [0.05, 0.1) is 6.10 Å². The summed E-state index contributed by atoms with van der Waals surface area (Å²) in [6.45, 7) is 2.42. The summed E-state index contributed by atoms with van der Waals surface area (Å²) in [5.74, 6) is -1.14. The molecule has 1 aliphatic heterocycles. The number of carbonyl (C=O) groups is 2. The number of carboxylic acids is 1. The highest BCUT2D eigenvalue weighted by molar-refractivity contribution is 5.84. The third-order valence-electron chi connectivity index (χ3n) is 5.88. The number of carboxylic acid groups (broad SMARTS) is 1. The third kappa shape index (κ3) is 14.0. The maximum absolute atomic E-state index is 12.2. The molecule has 1 rings (SSSR count). The molecule has 6 nitrogen and oxygen atoms in total. The molecule has 0 aliphatic carbocycles. The second kappa shape index (κ2) is 19.8. The van der Waals surface area contributed by atoms with Crippen molar-refractivity contribution in [3.63, 3.8) is 0 Å². The van der Waals surface area contributed by atoms with Crippen LogP contribution in [0.15, 0.2) is 0 Å². The Balaban J connectivity index is 0.00000407. The molecule has 1 fully saturated rings. The molecule has 3 N–H and O–H groups in total. The van der Waals surface area contributed by atoms with E-state index in [9.17, 15) is 14.7 Å². The quantitative estimate of drug-likeness (QED) is 0.286. The van der Waals surface area contributed by atoms with Gasteiger partial charge in [0.1, 0.15) is 6.04 Å². The fraction of sp³-hybridized carbons (Fsp3) is 0.917. The molecule has 0 aromatic heterocycles. The molecule has 1 amide bonds. The van der Waals surface area contributed by atoms with Crippen molar-refractivity contribution in [3.05, 3.63) is 0 Å². The van der Waals surface area contributed by atoms with Crippen LogP contribution >= 0.6 is 0 Å². The molecule has 1 heterocycles. The number of hydrogen-bond acceptors (Lipinski definition) is 4. The first-order valence-corrected chi connectivity index (χ1v) is 12.2. The molecular weight excluding hydrogens is 382 g/mol. The molecule has 178 valence electrons. The molecule has 0 saturated carbocycles. The molecule has 0 aromatic rings. The SMILES string of the molecule is CCCCCCCCCCCCCCCCCC(=O)N1C[C@H](O)C[C@H]1C(=O)O.CO. The van der Waals surface area contributed by atoms with E-state index in [0.717, 1.165) is 26.4 Å². The van der Waals surface area contributed by atoms with Gasteiger partial charge in [-0.15, -0.1) is 0 Å². The number of amides is 1. The third-order valence-corrected chi connectivity index (χ3v) is 5.88. The normalized spacial score (nSPS) is 18.2. The fourth-order valence-electron chi connectivity index (χ4n) is 4.11. The minimum absolute atomic E-state index is 0.126. The molecule has 30 heavy (non-hydrogen) atoms. The van der Waals surface area contributed by atoms with Gasteiger partial charge in [-0.05, 0) is 6.42 Å². The Morgan fingerprint density at radius 3 is 1.57 bits per heavy atom. The number of hydrogen-bond donors (Lipinski definition) is 3. The van der Waals surface area contributed by atoms with E-state index in [4.69, 9.17) is 10.2 Å². The van der Waals surface area contributed by atoms with Gasteiger partial charge in [-0.3, -0.25) is 4.79 Å². The number of rotatable bonds is 17. The molecule has 1 aliphatic rings. The topological polar surface area (TPSA) is 98.1 Å². The standard InChI is InChI=1S/C23H43NO4.CH4O/c1-2-3-4-5-6-7-8-9-10-11-12-13-14-15-16-17-22(26)24-19-20(25)18-21(24)23(27)28;1-2/h20-21,25H,2-19H2,1H3,(H,27,28);2H,1H3/t20-,21+;/m1./s1. The van der Waals surface area contributed by atoms with Crippen molar-refractivity contribution in [1.82, 2.24) is 4.90 Å². The van der Waals surface area contributed by atoms with E-state index in [-0.39, 0.29) is 18.9 Å². The highest BCUT2D eigenvalue weighted by atomic mass is 16.4. The van der Waals surface area contributed by atoms with E-state index in [2.05, 4.69) is 6.92 Å². The van der Waals surface area contributed by atoms with Crippen molar-refractivity contribution < 1.29 is 24.9 Å². The zero-order valence-corrected chi connectivity index (χ0v) is 19.5. The van der Waals surface area contributed by atoms with Crippen LogP contribution in [-0.2, 0) is 9.59 Å². The van der Waals surface area contributed by atoms with E-state index in [1.54, 1.807) is 0 Å². The van der Waals surface area contributed by atoms with E-state index < -0.39 is 18.1 Å². The van der Waals surface area contributed by atoms with Gasteiger partial charge < -0.3 is 20.2 Å². The Hall–Kier alpha value is -1.14. The predicted octanol–water partition coefficient (Wildman–Crippen LogP) is 4.90. The lowest BCUT2D eigenvalue weighted by atomic mass is 10.0. The summed E-state index contributed by atoms with van der Waals surface area (Å²) < 4.78 is 0. The average Bonchev–Trinajstić information content (AvgIpc) is 3.14. The Labute approximate surface area is 184 Å². The van der Waals surface area contributed by atoms with Crippen LogP contribution < -0.4 is 0 Å². The van der Waals surface area contributed by atoms with E-state index in [1.165, 1.54) is 81.9 Å². The van der Waals surface area contributed by atoms with Gasteiger partial charge in [-0.1, -0.05) is 96.8 Å². The van der Waals surface area contributed by atoms with Crippen LogP contribution in [0.25, 0.3) is 0 Å². The van der Waals surface area contributed by atoms with Crippen LogP contribution in [0, 0.1) is 0 Å². The van der Waals surface area contributed by atoms with Crippen LogP contribution in [0.3, 0.4) is 0 Å². The largest absolute Gasteiger partial charge is 0.480 e. The molecular formula is C24H47NO5. The Kier molecular flexibility index (Phi) is 19.0. The molecule has 0 unspecified atom stereocenters. The first kappa shape index (κ1) is 28.9. The summed E-state index contributed by atoms with van der Waals surface area (Å²) in [5.41, 5.74) is 0. The molecule has 2 atom stereocenters. The highest BCUT2D eigenvalue weighted by Gasteiger charge is 2.38. The number of aliphatic hydroxyl groups is 2. The summed E-state index contributed by atoms with van der Waals surface area (Å²) in [6, 6.07) is -0.848. The van der Waals surface area contributed by atoms with E-state index in [0.29, 0.717) is 6.42 Å². The zero-order valence-electron chi connectivity index (χ0n) is 19.5. The first-order chi connectivity index (χ1) is 14.6. The van der Waals surface area contributed by atoms with Gasteiger partial charge in [-0.2, -0.15) is 0 Å². The van der Waals surface area contributed by atoms with Crippen molar-refractivity contribution in [2.24, 2.45) is 0 Å². The van der Waals surface area contributed by atoms with Crippen molar-refractivity contribution in [2.45, 2.75) is 128 Å². The first-order valence-electron chi connectivity index (χ1n) is 12.2. The van der Waals surface area contributed by atoms with E-state index in [1.807, 2.05) is 0 Å². The van der Waals surface area contributed by atoms with Crippen molar-refractivity contribution in [3.8, 4) is 0 Å². The second-order valence-corrected chi connectivity index (χ2v) is 8.49. The van der Waals surface area contributed by atoms with Crippen LogP contribution in [0.4, 0.5) is 0 Å². The number of likely N-dealkylation sites (tertiary alicyclic amines) is 1. The van der Waals surface area contributed by atoms with Crippen LogP contribution in [0.2, 0.25) is 0 Å². The van der Waals surface area contributed by atoms with Gasteiger partial charge in [0.25, 0.3) is 0 Å². The number of carbonyl (C=O) groups excluding carboxylic acids is 1. The zero-order chi connectivity index (χ0) is 22.6. The Morgan fingerprint density at radius 1 is 0.767 bits per heavy atom. The lowest BCUT2D eigenvalue weighted by Crippen LogP contribution is -2.40. The smallest absolute Gasteiger partial charge is 0.326 e. The highest BCUT2D eigenvalue weighted by Crippen LogP contribution is 2.20. The van der Waals surface area contributed by atoms with Crippen molar-refractivity contribution >= 4 is 11.9 Å². The van der Waals surface area contributed by atoms with Gasteiger partial charge in [0.2, 0.25) is 5.91 Å². The van der Waals surface area contributed by atoms with Gasteiger partial charge in [0.15, 0.2) is 0 Å². The summed E-state index contributed by atoms with van der Waals surface area (Å²) >= 11 is 0. The van der Waals surface area contributed by atoms with Crippen LogP contribution in [0.5, 0.6) is 0 Å². The number of unbranched alkanes of at least 4 members (excludes halogenated alkanes) is 14. The molecule has 0 bridgehead atoms. The Morgan fingerprint density at radius 2 is 1.17 bits per heavy atom. The average molecular weight is 430 g/mol. The lowest BCUT2D eigenvalue weighted by Gasteiger charge is -2.21. The summed E-state index contributed by atoms with van der Waals surface area (Å²) in [6.07, 6.45) is 19.1. The number of aliphatic hydroxyl groups excluding tert-OH is 2. The molecule has 0 radical (unpaired) electrons. The lowest BCUT2D eigenvalue weighted by molar-refractivity contribution is -0.148. The van der Waals surface area contributed by atoms with Crippen LogP contribution in [-0.4, -0.2) is 57.9 Å². The van der Waals surface area contributed by atoms with Gasteiger partial charge in [-0.25, -0.2) is 4.79 Å². The van der Waals surface area contributed by atoms with Crippen molar-refractivity contribution in [2.75, 3.05) is 13.7 Å². The number of aliphatic carboxylic acids is 1. The monoisotopic (exact) mass is 429 g/mol. The van der Waals surface area contributed by atoms with Crippen LogP contribution in [0.1, 0.15) is 116 Å². The molecule has 0 spiro atoms. The second-order valence-electron chi connectivity index (χ2n) is 8.49. The van der Waals surface area contributed by atoms with Gasteiger partial charge >= 0.3 is 5.97 Å². The maximum atomic E-state index is 12.2. The van der Waals surface area contributed by atoms with E-state index >= 15 is 0 Å². The molecule has 1 saturated heterocycles. The summed E-state index contributed by atoms with van der Waals surface area (Å²) in [7, 11) is 1.00. The van der Waals surface area contributed by atoms with Crippen molar-refractivity contribution in [1.29, 1.82) is 0 Å². The summed E-state index contributed by atoms with van der Waals surface area (Å²) in [4.78, 5) is 24.7. The maximum Gasteiger partial charge on any atom is 0.326 e. The fourth-order valence-corrected chi connectivity index (χ4v) is 4.11. The minimum atomic E-state index is -1.01.